The monoisotopic (exact) mass is 117 g/mol. The first-order valence-electron chi connectivity index (χ1n) is 0.978. The maximum Gasteiger partial charge on any atom is 0.572 e. The summed E-state index contributed by atoms with van der Waals surface area (Å²) in [5.74, 6) is 0. The summed E-state index contributed by atoms with van der Waals surface area (Å²) in [4.78, 5) is 14.8. The van der Waals surface area contributed by atoms with Crippen molar-refractivity contribution in [2.24, 2.45) is 0 Å². The summed E-state index contributed by atoms with van der Waals surface area (Å²) in [6, 6.07) is 0. The van der Waals surface area contributed by atoms with E-state index < -0.39 is 6.16 Å². The zero-order valence-corrected chi connectivity index (χ0v) is 5.62. The van der Waals surface area contributed by atoms with Gasteiger partial charge in [-0.2, -0.15) is 15.3 Å². The molecule has 2 N–H and O–H groups in total. The number of rotatable bonds is 0. The largest absolute Gasteiger partial charge is 0.572 e. The minimum absolute atomic E-state index is 0. The second-order valence-corrected chi connectivity index (χ2v) is 0.433. The van der Waals surface area contributed by atoms with E-state index in [9.17, 15) is 4.79 Å². The fraction of sp³-hybridized carbons (Fsp3) is 0. The van der Waals surface area contributed by atoms with Crippen molar-refractivity contribution in [2.75, 3.05) is 0 Å². The van der Waals surface area contributed by atoms with Gasteiger partial charge < -0.3 is 0 Å². The molecule has 1 radical (unpaired) electrons. The molecule has 0 saturated carbocycles. The Morgan fingerprint density at radius 1 is 1.29 bits per heavy atom. The van der Waals surface area contributed by atoms with Crippen molar-refractivity contribution in [3.8, 4) is 0 Å². The van der Waals surface area contributed by atoms with Gasteiger partial charge in [-0.3, -0.25) is 9.78 Å². The molecule has 0 aromatic carbocycles. The van der Waals surface area contributed by atoms with Crippen molar-refractivity contribution >= 4 is 35.7 Å². The van der Waals surface area contributed by atoms with E-state index in [2.05, 4.69) is 9.78 Å². The van der Waals surface area contributed by atoms with Gasteiger partial charge in [0.05, 0.1) is 0 Å². The average Bonchev–Trinajstić information content (AvgIpc) is 1.65. The van der Waals surface area contributed by atoms with Gasteiger partial charge in [0.15, 0.2) is 0 Å². The Morgan fingerprint density at radius 3 is 1.57 bits per heavy atom. The minimum atomic E-state index is -1.55. The molecule has 0 bridgehead atoms. The van der Waals surface area contributed by atoms with Crippen LogP contribution >= 0.6 is 0 Å². The average molecular weight is 117 g/mol. The maximum atomic E-state index is 9.24. The molecule has 0 aliphatic rings. The van der Waals surface area contributed by atoms with Gasteiger partial charge in [0, 0.05) is 29.6 Å². The fourth-order valence-corrected chi connectivity index (χ4v) is 0.0167. The molecule has 0 aliphatic heterocycles. The van der Waals surface area contributed by atoms with E-state index in [0.29, 0.717) is 0 Å². The Labute approximate surface area is 61.0 Å². The van der Waals surface area contributed by atoms with Crippen LogP contribution in [0, 0.1) is 0 Å². The smallest absolute Gasteiger partial charge is 0.260 e. The van der Waals surface area contributed by atoms with Gasteiger partial charge in [0.1, 0.15) is 0 Å². The third-order valence-electron chi connectivity index (χ3n) is 0.149. The standard InChI is InChI=1S/CH2O5.Na/c2-1(5-3)6-4;/h3-4H;. The van der Waals surface area contributed by atoms with Crippen LogP contribution in [0.3, 0.4) is 0 Å². The molecular formula is CH2NaO5. The van der Waals surface area contributed by atoms with Crippen LogP contribution in [-0.2, 0) is 9.78 Å². The van der Waals surface area contributed by atoms with Gasteiger partial charge >= 0.3 is 6.16 Å². The molecule has 0 atom stereocenters. The van der Waals surface area contributed by atoms with Crippen molar-refractivity contribution in [3.63, 3.8) is 0 Å². The molecule has 0 unspecified atom stereocenters. The fourth-order valence-electron chi connectivity index (χ4n) is 0.0167. The Morgan fingerprint density at radius 2 is 1.57 bits per heavy atom. The topological polar surface area (TPSA) is 76.0 Å². The predicted octanol–water partition coefficient (Wildman–Crippen LogP) is -0.295. The van der Waals surface area contributed by atoms with Crippen LogP contribution < -0.4 is 0 Å². The van der Waals surface area contributed by atoms with Crippen LogP contribution in [0.5, 0.6) is 0 Å². The van der Waals surface area contributed by atoms with E-state index in [1.165, 1.54) is 0 Å². The molecule has 5 nitrogen and oxygen atoms in total. The van der Waals surface area contributed by atoms with Crippen molar-refractivity contribution in [2.45, 2.75) is 0 Å². The van der Waals surface area contributed by atoms with Gasteiger partial charge in [-0.1, -0.05) is 0 Å². The van der Waals surface area contributed by atoms with Gasteiger partial charge in [-0.25, -0.2) is 0 Å². The summed E-state index contributed by atoms with van der Waals surface area (Å²) >= 11 is 0. The Hall–Kier alpha value is 0.190. The molecule has 0 rings (SSSR count). The molecule has 0 spiro atoms. The third kappa shape index (κ3) is 6.19. The quantitative estimate of drug-likeness (QED) is 0.259. The second kappa shape index (κ2) is 6.19. The summed E-state index contributed by atoms with van der Waals surface area (Å²) in [7, 11) is 0. The van der Waals surface area contributed by atoms with E-state index in [4.69, 9.17) is 10.5 Å². The molecular weight excluding hydrogens is 115 g/mol. The van der Waals surface area contributed by atoms with Crippen LogP contribution in [0.25, 0.3) is 0 Å². The van der Waals surface area contributed by atoms with Crippen LogP contribution in [-0.4, -0.2) is 46.2 Å². The van der Waals surface area contributed by atoms with Crippen molar-refractivity contribution in [3.05, 3.63) is 0 Å². The molecule has 0 amide bonds. The first-order valence-corrected chi connectivity index (χ1v) is 0.978. The normalized spacial score (nSPS) is 6.00. The van der Waals surface area contributed by atoms with Crippen molar-refractivity contribution in [1.29, 1.82) is 0 Å². The summed E-state index contributed by atoms with van der Waals surface area (Å²) in [5, 5.41) is 14.4. The molecule has 0 heterocycles. The van der Waals surface area contributed by atoms with Gasteiger partial charge in [0.2, 0.25) is 0 Å². The minimum Gasteiger partial charge on any atom is -0.260 e. The molecule has 0 aliphatic carbocycles. The maximum absolute atomic E-state index is 9.24. The summed E-state index contributed by atoms with van der Waals surface area (Å²) < 4.78 is 0. The second-order valence-electron chi connectivity index (χ2n) is 0.433. The molecule has 0 aromatic heterocycles. The predicted molar refractivity (Wildman–Crippen MR) is 18.6 cm³/mol. The number of carbonyl (C=O) groups excluding carboxylic acids is 1. The molecule has 0 fully saturated rings. The van der Waals surface area contributed by atoms with Crippen LogP contribution in [0.15, 0.2) is 0 Å². The summed E-state index contributed by atoms with van der Waals surface area (Å²) in [5.41, 5.74) is 0. The number of carbonyl (C=O) groups is 1. The van der Waals surface area contributed by atoms with Gasteiger partial charge in [0.25, 0.3) is 0 Å². The van der Waals surface area contributed by atoms with Crippen molar-refractivity contribution < 1.29 is 25.1 Å². The Balaban J connectivity index is 0. The zero-order valence-electron chi connectivity index (χ0n) is 3.62. The van der Waals surface area contributed by atoms with E-state index in [0.717, 1.165) is 0 Å². The van der Waals surface area contributed by atoms with Gasteiger partial charge in [-0.05, 0) is 0 Å². The van der Waals surface area contributed by atoms with Crippen LogP contribution in [0.2, 0.25) is 0 Å². The molecule has 7 heavy (non-hydrogen) atoms. The first kappa shape index (κ1) is 10.2. The SMILES string of the molecule is O=C(OO)OO.[Na]. The van der Waals surface area contributed by atoms with E-state index in [1.54, 1.807) is 0 Å². The summed E-state index contributed by atoms with van der Waals surface area (Å²) in [6.45, 7) is 0. The van der Waals surface area contributed by atoms with E-state index in [-0.39, 0.29) is 29.6 Å². The van der Waals surface area contributed by atoms with E-state index >= 15 is 0 Å². The summed E-state index contributed by atoms with van der Waals surface area (Å²) in [6.07, 6.45) is -1.55. The number of hydrogen-bond acceptors (Lipinski definition) is 5. The molecule has 37 valence electrons. The number of hydrogen-bond donors (Lipinski definition) is 2. The Bertz CT molecular complexity index is 46.0. The van der Waals surface area contributed by atoms with Crippen LogP contribution in [0.4, 0.5) is 4.79 Å². The molecule has 6 heteroatoms. The Kier molecular flexibility index (Phi) is 9.04. The van der Waals surface area contributed by atoms with Crippen molar-refractivity contribution in [1.82, 2.24) is 0 Å². The first-order chi connectivity index (χ1) is 2.81. The molecule has 0 aromatic rings. The van der Waals surface area contributed by atoms with Gasteiger partial charge in [-0.15, -0.1) is 0 Å². The zero-order chi connectivity index (χ0) is 4.99. The van der Waals surface area contributed by atoms with Crippen LogP contribution in [0.1, 0.15) is 0 Å². The molecule has 0 saturated heterocycles. The van der Waals surface area contributed by atoms with E-state index in [1.807, 2.05) is 0 Å². The third-order valence-corrected chi connectivity index (χ3v) is 0.149.